The lowest BCUT2D eigenvalue weighted by Crippen LogP contribution is -1.98. The van der Waals surface area contributed by atoms with Gasteiger partial charge in [-0.1, -0.05) is 109 Å². The number of hydrogen-bond donors (Lipinski definition) is 0. The first-order valence-electron chi connectivity index (χ1n) is 12.0. The number of ether oxygens (including phenoxy) is 1. The van der Waals surface area contributed by atoms with Crippen molar-refractivity contribution in [1.82, 2.24) is 0 Å². The first-order valence-corrected chi connectivity index (χ1v) is 12.0. The molecule has 0 aliphatic rings. The van der Waals surface area contributed by atoms with Crippen molar-refractivity contribution in [3.05, 3.63) is 12.2 Å². The van der Waals surface area contributed by atoms with E-state index in [9.17, 15) is 4.79 Å². The summed E-state index contributed by atoms with van der Waals surface area (Å²) in [4.78, 5) is 11.0. The highest BCUT2D eigenvalue weighted by molar-refractivity contribution is 5.68. The lowest BCUT2D eigenvalue weighted by atomic mass is 10.0. The maximum atomic E-state index is 11.0. The Balaban J connectivity index is 3.09. The van der Waals surface area contributed by atoms with Crippen LogP contribution in [0.2, 0.25) is 0 Å². The third-order valence-electron chi connectivity index (χ3n) is 5.37. The van der Waals surface area contributed by atoms with Gasteiger partial charge in [-0.05, 0) is 32.1 Å². The van der Waals surface area contributed by atoms with Crippen molar-refractivity contribution < 1.29 is 9.53 Å². The Bertz CT molecular complexity index is 322. The third kappa shape index (κ3) is 23.2. The van der Waals surface area contributed by atoms with Gasteiger partial charge >= 0.3 is 5.97 Å². The second-order valence-corrected chi connectivity index (χ2v) is 8.03. The molecule has 0 saturated carbocycles. The normalized spacial score (nSPS) is 11.3. The van der Waals surface area contributed by atoms with Gasteiger partial charge in [-0.15, -0.1) is 0 Å². The Morgan fingerprint density at radius 2 is 0.963 bits per heavy atom. The molecule has 0 N–H and O–H groups in total. The predicted octanol–water partition coefficient (Wildman–Crippen LogP) is 8.54. The number of hydrogen-bond acceptors (Lipinski definition) is 2. The van der Waals surface area contributed by atoms with Gasteiger partial charge in [0.05, 0.1) is 7.11 Å². The van der Waals surface area contributed by atoms with E-state index in [2.05, 4.69) is 23.8 Å². The average Bonchev–Trinajstić information content (AvgIpc) is 2.68. The summed E-state index contributed by atoms with van der Waals surface area (Å²) >= 11 is 0. The van der Waals surface area contributed by atoms with Gasteiger partial charge in [-0.2, -0.15) is 0 Å². The predicted molar refractivity (Wildman–Crippen MR) is 119 cm³/mol. The monoisotopic (exact) mass is 380 g/mol. The molecular weight excluding hydrogens is 332 g/mol. The molecular formula is C25H48O2. The molecule has 2 nitrogen and oxygen atoms in total. The van der Waals surface area contributed by atoms with E-state index in [-0.39, 0.29) is 5.97 Å². The van der Waals surface area contributed by atoms with E-state index in [4.69, 9.17) is 0 Å². The van der Waals surface area contributed by atoms with Gasteiger partial charge in [0, 0.05) is 6.42 Å². The zero-order chi connectivity index (χ0) is 19.8. The summed E-state index contributed by atoms with van der Waals surface area (Å²) in [5, 5.41) is 0. The smallest absolute Gasteiger partial charge is 0.305 e. The van der Waals surface area contributed by atoms with Crippen LogP contribution < -0.4 is 0 Å². The highest BCUT2D eigenvalue weighted by atomic mass is 16.5. The number of allylic oxidation sites excluding steroid dienone is 2. The van der Waals surface area contributed by atoms with Crippen molar-refractivity contribution in [2.45, 2.75) is 135 Å². The van der Waals surface area contributed by atoms with Crippen LogP contribution in [-0.2, 0) is 9.53 Å². The molecule has 0 aromatic rings. The lowest BCUT2D eigenvalue weighted by Gasteiger charge is -2.02. The van der Waals surface area contributed by atoms with Gasteiger partial charge in [-0.25, -0.2) is 0 Å². The molecule has 0 heterocycles. The maximum Gasteiger partial charge on any atom is 0.305 e. The van der Waals surface area contributed by atoms with E-state index in [1.807, 2.05) is 0 Å². The summed E-state index contributed by atoms with van der Waals surface area (Å²) in [5.74, 6) is -0.0734. The second-order valence-electron chi connectivity index (χ2n) is 8.03. The molecule has 0 radical (unpaired) electrons. The van der Waals surface area contributed by atoms with Crippen molar-refractivity contribution in [3.8, 4) is 0 Å². The fourth-order valence-electron chi connectivity index (χ4n) is 3.50. The molecule has 27 heavy (non-hydrogen) atoms. The zero-order valence-electron chi connectivity index (χ0n) is 18.6. The molecule has 0 aliphatic carbocycles. The maximum absolute atomic E-state index is 11.0. The van der Waals surface area contributed by atoms with Gasteiger partial charge in [0.1, 0.15) is 0 Å². The number of rotatable bonds is 21. The number of methoxy groups -OCH3 is 1. The van der Waals surface area contributed by atoms with Crippen molar-refractivity contribution in [2.24, 2.45) is 0 Å². The molecule has 0 bridgehead atoms. The Hall–Kier alpha value is -0.790. The van der Waals surface area contributed by atoms with E-state index in [0.717, 1.165) is 12.8 Å². The molecule has 0 fully saturated rings. The summed E-state index contributed by atoms with van der Waals surface area (Å²) < 4.78 is 4.65. The van der Waals surface area contributed by atoms with Crippen molar-refractivity contribution in [3.63, 3.8) is 0 Å². The summed E-state index contributed by atoms with van der Waals surface area (Å²) in [7, 11) is 1.46. The number of carbonyl (C=O) groups excluding carboxylic acids is 1. The van der Waals surface area contributed by atoms with Crippen LogP contribution in [0.5, 0.6) is 0 Å². The molecule has 160 valence electrons. The summed E-state index contributed by atoms with van der Waals surface area (Å²) in [6.45, 7) is 2.29. The molecule has 0 unspecified atom stereocenters. The standard InChI is InChI=1S/C25H48O2/c1-3-4-5-6-7-8-9-10-11-12-13-14-15-16-17-18-19-20-21-22-23-24-25(26)27-2/h16-17H,3-15,18-24H2,1-2H3. The van der Waals surface area contributed by atoms with Crippen LogP contribution in [-0.4, -0.2) is 13.1 Å². The first kappa shape index (κ1) is 26.2. The van der Waals surface area contributed by atoms with Crippen molar-refractivity contribution in [1.29, 1.82) is 0 Å². The molecule has 0 saturated heterocycles. The zero-order valence-corrected chi connectivity index (χ0v) is 18.6. The lowest BCUT2D eigenvalue weighted by molar-refractivity contribution is -0.140. The Kier molecular flexibility index (Phi) is 22.6. The number of esters is 1. The molecule has 0 atom stereocenters. The SMILES string of the molecule is CCCCCCCCCCCCCCC=CCCCCCCCC(=O)OC. The summed E-state index contributed by atoms with van der Waals surface area (Å²) in [6, 6.07) is 0. The summed E-state index contributed by atoms with van der Waals surface area (Å²) in [6.07, 6.45) is 30.9. The van der Waals surface area contributed by atoms with Crippen LogP contribution in [0.4, 0.5) is 0 Å². The van der Waals surface area contributed by atoms with Gasteiger partial charge < -0.3 is 4.74 Å². The Morgan fingerprint density at radius 3 is 1.37 bits per heavy atom. The van der Waals surface area contributed by atoms with Crippen LogP contribution in [0.3, 0.4) is 0 Å². The molecule has 0 spiro atoms. The van der Waals surface area contributed by atoms with Crippen LogP contribution in [0.15, 0.2) is 12.2 Å². The van der Waals surface area contributed by atoms with Crippen LogP contribution in [0.1, 0.15) is 135 Å². The van der Waals surface area contributed by atoms with Gasteiger partial charge in [0.25, 0.3) is 0 Å². The minimum Gasteiger partial charge on any atom is -0.469 e. The van der Waals surface area contributed by atoms with E-state index in [1.54, 1.807) is 0 Å². The van der Waals surface area contributed by atoms with E-state index >= 15 is 0 Å². The molecule has 0 aromatic carbocycles. The van der Waals surface area contributed by atoms with Crippen LogP contribution in [0, 0.1) is 0 Å². The highest BCUT2D eigenvalue weighted by Gasteiger charge is 1.98. The highest BCUT2D eigenvalue weighted by Crippen LogP contribution is 2.13. The average molecular weight is 381 g/mol. The Labute approximate surface area is 170 Å². The number of unbranched alkanes of at least 4 members (excludes halogenated alkanes) is 17. The molecule has 0 aromatic heterocycles. The Morgan fingerprint density at radius 1 is 0.593 bits per heavy atom. The van der Waals surface area contributed by atoms with Gasteiger partial charge in [0.2, 0.25) is 0 Å². The topological polar surface area (TPSA) is 26.3 Å². The quantitative estimate of drug-likeness (QED) is 0.113. The third-order valence-corrected chi connectivity index (χ3v) is 5.37. The number of carbonyl (C=O) groups is 1. The fourth-order valence-corrected chi connectivity index (χ4v) is 3.50. The largest absolute Gasteiger partial charge is 0.469 e. The fraction of sp³-hybridized carbons (Fsp3) is 0.880. The molecule has 0 aliphatic heterocycles. The van der Waals surface area contributed by atoms with Crippen molar-refractivity contribution in [2.75, 3.05) is 7.11 Å². The van der Waals surface area contributed by atoms with Crippen LogP contribution in [0.25, 0.3) is 0 Å². The molecule has 2 heteroatoms. The minimum atomic E-state index is -0.0734. The van der Waals surface area contributed by atoms with Crippen LogP contribution >= 0.6 is 0 Å². The van der Waals surface area contributed by atoms with E-state index in [0.29, 0.717) is 6.42 Å². The molecule has 0 amide bonds. The second kappa shape index (κ2) is 23.2. The summed E-state index contributed by atoms with van der Waals surface area (Å²) in [5.41, 5.74) is 0. The van der Waals surface area contributed by atoms with Gasteiger partial charge in [-0.3, -0.25) is 4.79 Å². The van der Waals surface area contributed by atoms with E-state index < -0.39 is 0 Å². The van der Waals surface area contributed by atoms with E-state index in [1.165, 1.54) is 116 Å². The van der Waals surface area contributed by atoms with Gasteiger partial charge in [0.15, 0.2) is 0 Å². The minimum absolute atomic E-state index is 0.0734. The van der Waals surface area contributed by atoms with Crippen molar-refractivity contribution >= 4 is 5.97 Å². The first-order chi connectivity index (χ1) is 13.3. The molecule has 0 rings (SSSR count).